The molecule has 120 valence electrons. The molecule has 2 bridgehead atoms. The normalized spacial score (nSPS) is 49.5. The highest BCUT2D eigenvalue weighted by Gasteiger charge is 2.63. The Bertz CT molecular complexity index is 599. The van der Waals surface area contributed by atoms with Crippen molar-refractivity contribution >= 4 is 5.78 Å². The molecule has 22 heavy (non-hydrogen) atoms. The lowest BCUT2D eigenvalue weighted by molar-refractivity contribution is -0.124. The van der Waals surface area contributed by atoms with Crippen molar-refractivity contribution in [3.8, 4) is 0 Å². The third-order valence-corrected chi connectivity index (χ3v) is 7.77. The van der Waals surface area contributed by atoms with Gasteiger partial charge in [0.05, 0.1) is 6.10 Å². The summed E-state index contributed by atoms with van der Waals surface area (Å²) in [5.74, 6) is 0.766. The van der Waals surface area contributed by atoms with Gasteiger partial charge in [-0.05, 0) is 61.3 Å². The maximum Gasteiger partial charge on any atom is 0.162 e. The molecule has 4 aliphatic rings. The number of carbonyl (C=O) groups excluding carboxylic acids is 1. The van der Waals surface area contributed by atoms with Crippen LogP contribution < -0.4 is 0 Å². The third-order valence-electron chi connectivity index (χ3n) is 7.77. The van der Waals surface area contributed by atoms with Crippen molar-refractivity contribution in [1.82, 2.24) is 0 Å². The Morgan fingerprint density at radius 3 is 2.68 bits per heavy atom. The first-order valence-electron chi connectivity index (χ1n) is 8.83. The molecule has 5 atom stereocenters. The monoisotopic (exact) mass is 300 g/mol. The van der Waals surface area contributed by atoms with Gasteiger partial charge in [0, 0.05) is 11.3 Å². The van der Waals surface area contributed by atoms with E-state index in [-0.39, 0.29) is 34.1 Å². The summed E-state index contributed by atoms with van der Waals surface area (Å²) < 4.78 is 0. The van der Waals surface area contributed by atoms with Crippen LogP contribution in [-0.2, 0) is 4.79 Å². The Kier molecular flexibility index (Phi) is 2.76. The quantitative estimate of drug-likeness (QED) is 0.685. The Labute approximate surface area is 133 Å². The van der Waals surface area contributed by atoms with Crippen molar-refractivity contribution in [1.29, 1.82) is 0 Å². The molecule has 0 aromatic rings. The summed E-state index contributed by atoms with van der Waals surface area (Å²) in [6, 6.07) is 0. The van der Waals surface area contributed by atoms with Gasteiger partial charge in [-0.2, -0.15) is 0 Å². The number of hydrogen-bond donors (Lipinski definition) is 1. The predicted molar refractivity (Wildman–Crippen MR) is 87.2 cm³/mol. The minimum atomic E-state index is -0.313. The van der Waals surface area contributed by atoms with Crippen molar-refractivity contribution in [2.45, 2.75) is 65.4 Å². The Hall–Kier alpha value is -0.890. The van der Waals surface area contributed by atoms with Crippen molar-refractivity contribution in [2.24, 2.45) is 28.1 Å². The molecule has 0 aromatic carbocycles. The number of hydrogen-bond acceptors (Lipinski definition) is 2. The number of allylic oxidation sites excluding steroid dienone is 2. The molecule has 2 nitrogen and oxygen atoms in total. The molecule has 5 unspecified atom stereocenters. The molecule has 1 spiro atoms. The van der Waals surface area contributed by atoms with Crippen LogP contribution in [0.1, 0.15) is 59.3 Å². The molecule has 3 fully saturated rings. The second-order valence-electron chi connectivity index (χ2n) is 9.25. The Morgan fingerprint density at radius 2 is 1.95 bits per heavy atom. The van der Waals surface area contributed by atoms with Crippen LogP contribution in [0.2, 0.25) is 0 Å². The van der Waals surface area contributed by atoms with Gasteiger partial charge in [-0.3, -0.25) is 4.79 Å². The van der Waals surface area contributed by atoms with Gasteiger partial charge in [-0.15, -0.1) is 0 Å². The fraction of sp³-hybridized carbons (Fsp3) is 0.750. The minimum absolute atomic E-state index is 0.0534. The van der Waals surface area contributed by atoms with E-state index in [1.807, 2.05) is 6.08 Å². The lowest BCUT2D eigenvalue weighted by Gasteiger charge is -2.62. The lowest BCUT2D eigenvalue weighted by atomic mass is 9.43. The molecule has 0 heterocycles. The molecular weight excluding hydrogens is 272 g/mol. The summed E-state index contributed by atoms with van der Waals surface area (Å²) in [4.78, 5) is 12.6. The summed E-state index contributed by atoms with van der Waals surface area (Å²) in [6.07, 6.45) is 7.81. The Morgan fingerprint density at radius 1 is 1.23 bits per heavy atom. The highest BCUT2D eigenvalue weighted by Crippen LogP contribution is 2.69. The average molecular weight is 300 g/mol. The van der Waals surface area contributed by atoms with E-state index in [9.17, 15) is 9.90 Å². The zero-order valence-electron chi connectivity index (χ0n) is 14.1. The fourth-order valence-corrected chi connectivity index (χ4v) is 6.63. The van der Waals surface area contributed by atoms with Crippen molar-refractivity contribution in [2.75, 3.05) is 0 Å². The van der Waals surface area contributed by atoms with Crippen molar-refractivity contribution in [3.05, 3.63) is 23.8 Å². The van der Waals surface area contributed by atoms with Gasteiger partial charge in [0.15, 0.2) is 5.78 Å². The lowest BCUT2D eigenvalue weighted by Crippen LogP contribution is -2.57. The van der Waals surface area contributed by atoms with Gasteiger partial charge in [0.25, 0.3) is 0 Å². The van der Waals surface area contributed by atoms with Crippen LogP contribution in [0.5, 0.6) is 0 Å². The van der Waals surface area contributed by atoms with E-state index < -0.39 is 0 Å². The zero-order chi connectivity index (χ0) is 15.9. The largest absolute Gasteiger partial charge is 0.392 e. The minimum Gasteiger partial charge on any atom is -0.392 e. The van der Waals surface area contributed by atoms with Gasteiger partial charge in [0.1, 0.15) is 0 Å². The SMILES string of the molecule is C=C1CC23CCC4C(C)(C)CCC(O)C4(C)C2=CC(=O)C1C3. The van der Waals surface area contributed by atoms with Gasteiger partial charge < -0.3 is 5.11 Å². The first kappa shape index (κ1) is 14.7. The Balaban J connectivity index is 1.88. The van der Waals surface area contributed by atoms with Crippen LogP contribution in [0.4, 0.5) is 0 Å². The van der Waals surface area contributed by atoms with Gasteiger partial charge in [-0.1, -0.05) is 38.5 Å². The maximum atomic E-state index is 12.6. The summed E-state index contributed by atoms with van der Waals surface area (Å²) >= 11 is 0. The number of ketones is 1. The topological polar surface area (TPSA) is 37.3 Å². The number of rotatable bonds is 0. The van der Waals surface area contributed by atoms with E-state index in [1.165, 1.54) is 12.0 Å². The summed E-state index contributed by atoms with van der Waals surface area (Å²) in [6.45, 7) is 11.1. The number of aliphatic hydroxyl groups excluding tert-OH is 1. The van der Waals surface area contributed by atoms with E-state index in [1.54, 1.807) is 0 Å². The van der Waals surface area contributed by atoms with E-state index in [0.717, 1.165) is 37.7 Å². The highest BCUT2D eigenvalue weighted by atomic mass is 16.3. The zero-order valence-corrected chi connectivity index (χ0v) is 14.1. The van der Waals surface area contributed by atoms with Crippen LogP contribution in [-0.4, -0.2) is 17.0 Å². The molecule has 0 amide bonds. The molecule has 4 aliphatic carbocycles. The first-order valence-corrected chi connectivity index (χ1v) is 8.83. The maximum absolute atomic E-state index is 12.6. The second-order valence-corrected chi connectivity index (χ2v) is 9.25. The van der Waals surface area contributed by atoms with E-state index >= 15 is 0 Å². The van der Waals surface area contributed by atoms with Crippen LogP contribution >= 0.6 is 0 Å². The van der Waals surface area contributed by atoms with Crippen LogP contribution in [0.15, 0.2) is 23.8 Å². The number of carbonyl (C=O) groups is 1. The molecular formula is C20H28O2. The fourth-order valence-electron chi connectivity index (χ4n) is 6.63. The summed E-state index contributed by atoms with van der Waals surface area (Å²) in [5, 5.41) is 10.9. The molecule has 2 heteroatoms. The second kappa shape index (κ2) is 4.14. The molecule has 0 aromatic heterocycles. The summed E-state index contributed by atoms with van der Waals surface area (Å²) in [7, 11) is 0. The van der Waals surface area contributed by atoms with E-state index in [4.69, 9.17) is 0 Å². The summed E-state index contributed by atoms with van der Waals surface area (Å²) in [5.41, 5.74) is 2.53. The van der Waals surface area contributed by atoms with Gasteiger partial charge >= 0.3 is 0 Å². The van der Waals surface area contributed by atoms with Gasteiger partial charge in [0.2, 0.25) is 0 Å². The molecule has 0 aliphatic heterocycles. The molecule has 3 saturated carbocycles. The van der Waals surface area contributed by atoms with Crippen LogP contribution in [0.25, 0.3) is 0 Å². The molecule has 4 rings (SSSR count). The van der Waals surface area contributed by atoms with Crippen molar-refractivity contribution in [3.63, 3.8) is 0 Å². The predicted octanol–water partition coefficient (Wildman–Crippen LogP) is 4.05. The van der Waals surface area contributed by atoms with Crippen molar-refractivity contribution < 1.29 is 9.90 Å². The first-order chi connectivity index (χ1) is 10.2. The van der Waals surface area contributed by atoms with Crippen LogP contribution in [0, 0.1) is 28.1 Å². The number of fused-ring (bicyclic) bond motifs is 3. The van der Waals surface area contributed by atoms with Crippen LogP contribution in [0.3, 0.4) is 0 Å². The number of aliphatic hydroxyl groups is 1. The highest BCUT2D eigenvalue weighted by molar-refractivity contribution is 5.97. The third kappa shape index (κ3) is 1.57. The average Bonchev–Trinajstić information content (AvgIpc) is 2.72. The van der Waals surface area contributed by atoms with Gasteiger partial charge in [-0.25, -0.2) is 0 Å². The van der Waals surface area contributed by atoms with E-state index in [2.05, 4.69) is 27.4 Å². The molecule has 0 radical (unpaired) electrons. The van der Waals surface area contributed by atoms with E-state index in [0.29, 0.717) is 5.92 Å². The molecule has 1 N–H and O–H groups in total. The smallest absolute Gasteiger partial charge is 0.162 e. The molecule has 0 saturated heterocycles. The standard InChI is InChI=1S/C20H28O2/c1-12-10-20-8-5-15-18(2,3)7-6-17(22)19(15,4)16(20)9-14(21)13(12)11-20/h9,13,15,17,22H,1,5-8,10-11H2,2-4H3.